The molecule has 3 N–H and O–H groups in total. The highest BCUT2D eigenvalue weighted by atomic mass is 35.5. The van der Waals surface area contributed by atoms with Crippen molar-refractivity contribution in [3.8, 4) is 5.75 Å². The maximum atomic E-state index is 13.4. The Labute approximate surface area is 225 Å². The van der Waals surface area contributed by atoms with Gasteiger partial charge in [0.15, 0.2) is 0 Å². The zero-order valence-electron chi connectivity index (χ0n) is 20.8. The Morgan fingerprint density at radius 3 is 2.92 bits per heavy atom. The van der Waals surface area contributed by atoms with Gasteiger partial charge < -0.3 is 20.5 Å². The molecule has 0 amide bonds. The molecule has 3 aromatic rings. The first kappa shape index (κ1) is 27.6. The number of fused-ring (bicyclic) bond motifs is 1. The largest absolute Gasteiger partial charge is 0.497 e. The maximum Gasteiger partial charge on any atom is 0.303 e. The van der Waals surface area contributed by atoms with Gasteiger partial charge in [0.05, 0.1) is 22.7 Å². The number of aromatic nitrogens is 2. The molecule has 0 saturated carbocycles. The van der Waals surface area contributed by atoms with Crippen molar-refractivity contribution >= 4 is 40.2 Å². The Morgan fingerprint density at radius 2 is 2.16 bits per heavy atom. The molecule has 3 heterocycles. The minimum Gasteiger partial charge on any atom is -0.497 e. The lowest BCUT2D eigenvalue weighted by Crippen LogP contribution is -2.42. The van der Waals surface area contributed by atoms with Crippen LogP contribution in [0.4, 0.5) is 4.39 Å². The summed E-state index contributed by atoms with van der Waals surface area (Å²) in [4.78, 5) is 22.5. The predicted molar refractivity (Wildman–Crippen MR) is 145 cm³/mol. The molecule has 7 nitrogen and oxygen atoms in total. The van der Waals surface area contributed by atoms with Crippen LogP contribution in [0.1, 0.15) is 37.3 Å². The van der Waals surface area contributed by atoms with Crippen molar-refractivity contribution in [2.75, 3.05) is 32.5 Å². The van der Waals surface area contributed by atoms with Crippen molar-refractivity contribution in [3.63, 3.8) is 0 Å². The third-order valence-corrected chi connectivity index (χ3v) is 8.26. The molecule has 37 heavy (non-hydrogen) atoms. The lowest BCUT2D eigenvalue weighted by atomic mass is 9.79. The van der Waals surface area contributed by atoms with Gasteiger partial charge in [-0.3, -0.25) is 9.78 Å². The molecule has 1 aliphatic rings. The minimum absolute atomic E-state index is 0.0421. The van der Waals surface area contributed by atoms with Gasteiger partial charge in [-0.15, -0.1) is 11.8 Å². The third-order valence-electron chi connectivity index (χ3n) is 7.05. The highest BCUT2D eigenvalue weighted by Gasteiger charge is 2.31. The SMILES string of the molecule is COc1ccc2ncc(Cl)c([C@@H](N)CC[C@@H]3CCN(CCSc4cc(F)ccn4)C[C@H]3CC(=O)O)c2c1. The molecular weight excluding hydrogens is 515 g/mol. The van der Waals surface area contributed by atoms with Gasteiger partial charge in [0.1, 0.15) is 11.6 Å². The number of hydrogen-bond donors (Lipinski definition) is 2. The van der Waals surface area contributed by atoms with Crippen LogP contribution >= 0.6 is 23.4 Å². The fourth-order valence-corrected chi connectivity index (χ4v) is 6.33. The van der Waals surface area contributed by atoms with Crippen molar-refractivity contribution in [1.82, 2.24) is 14.9 Å². The molecular formula is C27H32ClFN4O3S. The number of thioether (sulfide) groups is 1. The maximum absolute atomic E-state index is 13.4. The van der Waals surface area contributed by atoms with Gasteiger partial charge in [0.25, 0.3) is 0 Å². The van der Waals surface area contributed by atoms with Crippen LogP contribution in [0.15, 0.2) is 47.8 Å². The van der Waals surface area contributed by atoms with E-state index < -0.39 is 5.97 Å². The number of methoxy groups -OCH3 is 1. The quantitative estimate of drug-likeness (QED) is 0.308. The first-order chi connectivity index (χ1) is 17.8. The molecule has 1 aromatic carbocycles. The van der Waals surface area contributed by atoms with Crippen LogP contribution in [0.5, 0.6) is 5.75 Å². The number of benzene rings is 1. The number of aliphatic carboxylic acids is 1. The van der Waals surface area contributed by atoms with E-state index in [4.69, 9.17) is 22.1 Å². The van der Waals surface area contributed by atoms with E-state index in [1.165, 1.54) is 30.1 Å². The number of pyridine rings is 2. The Morgan fingerprint density at radius 1 is 1.32 bits per heavy atom. The standard InChI is InChI=1S/C27H32ClFN4O3S/c1-36-20-3-5-24-21(14-20)27(22(28)15-32-24)23(30)4-2-17-7-9-33(16-18(17)12-26(34)35)10-11-37-25-13-19(29)6-8-31-25/h3,5-6,8,13-15,17-18,23H,2,4,7,9-12,16,30H2,1H3,(H,34,35)/t17-,18-,23+/m1/s1. The molecule has 198 valence electrons. The summed E-state index contributed by atoms with van der Waals surface area (Å²) in [6.07, 6.45) is 5.65. The summed E-state index contributed by atoms with van der Waals surface area (Å²) in [7, 11) is 1.62. The second kappa shape index (κ2) is 12.9. The van der Waals surface area contributed by atoms with Gasteiger partial charge in [-0.05, 0) is 67.5 Å². The van der Waals surface area contributed by atoms with E-state index in [9.17, 15) is 14.3 Å². The monoisotopic (exact) mass is 546 g/mol. The molecule has 1 aliphatic heterocycles. The van der Waals surface area contributed by atoms with Crippen LogP contribution in [0.25, 0.3) is 10.9 Å². The van der Waals surface area contributed by atoms with E-state index in [1.54, 1.807) is 13.3 Å². The molecule has 0 aliphatic carbocycles. The van der Waals surface area contributed by atoms with E-state index in [0.29, 0.717) is 22.2 Å². The predicted octanol–water partition coefficient (Wildman–Crippen LogP) is 5.42. The van der Waals surface area contributed by atoms with E-state index in [2.05, 4.69) is 14.9 Å². The number of ether oxygens (including phenoxy) is 1. The first-order valence-electron chi connectivity index (χ1n) is 12.4. The molecule has 1 saturated heterocycles. The van der Waals surface area contributed by atoms with Gasteiger partial charge >= 0.3 is 5.97 Å². The zero-order valence-corrected chi connectivity index (χ0v) is 22.3. The summed E-state index contributed by atoms with van der Waals surface area (Å²) in [6, 6.07) is 8.12. The molecule has 1 fully saturated rings. The summed E-state index contributed by atoms with van der Waals surface area (Å²) in [5.74, 6) is 0.708. The molecule has 3 atom stereocenters. The summed E-state index contributed by atoms with van der Waals surface area (Å²) in [5.41, 5.74) is 8.31. The topological polar surface area (TPSA) is 102 Å². The number of piperidine rings is 1. The number of rotatable bonds is 11. The van der Waals surface area contributed by atoms with Crippen molar-refractivity contribution in [2.45, 2.75) is 36.8 Å². The van der Waals surface area contributed by atoms with E-state index in [-0.39, 0.29) is 30.1 Å². The Hall–Kier alpha value is -2.46. The number of halogens is 2. The Balaban J connectivity index is 1.37. The molecule has 0 spiro atoms. The second-order valence-electron chi connectivity index (χ2n) is 9.45. The summed E-state index contributed by atoms with van der Waals surface area (Å²) < 4.78 is 18.8. The van der Waals surface area contributed by atoms with Crippen LogP contribution in [0.3, 0.4) is 0 Å². The molecule has 0 radical (unpaired) electrons. The number of carbonyl (C=O) groups is 1. The summed E-state index contributed by atoms with van der Waals surface area (Å²) in [6.45, 7) is 2.41. The van der Waals surface area contributed by atoms with Crippen LogP contribution in [0.2, 0.25) is 5.02 Å². The highest BCUT2D eigenvalue weighted by Crippen LogP contribution is 2.36. The minimum atomic E-state index is -0.783. The fraction of sp³-hybridized carbons (Fsp3) is 0.444. The highest BCUT2D eigenvalue weighted by molar-refractivity contribution is 7.99. The number of nitrogens with zero attached hydrogens (tertiary/aromatic N) is 3. The normalized spacial score (nSPS) is 19.1. The first-order valence-corrected chi connectivity index (χ1v) is 13.8. The van der Waals surface area contributed by atoms with Crippen LogP contribution in [-0.4, -0.2) is 58.4 Å². The summed E-state index contributed by atoms with van der Waals surface area (Å²) in [5, 5.41) is 11.6. The molecule has 4 rings (SSSR count). The number of nitrogens with two attached hydrogens (primary N) is 1. The van der Waals surface area contributed by atoms with Crippen LogP contribution < -0.4 is 10.5 Å². The number of hydrogen-bond acceptors (Lipinski definition) is 7. The summed E-state index contributed by atoms with van der Waals surface area (Å²) >= 11 is 8.05. The van der Waals surface area contributed by atoms with Crippen LogP contribution in [0, 0.1) is 17.7 Å². The smallest absolute Gasteiger partial charge is 0.303 e. The van der Waals surface area contributed by atoms with Crippen molar-refractivity contribution in [2.24, 2.45) is 17.6 Å². The van der Waals surface area contributed by atoms with Gasteiger partial charge in [0.2, 0.25) is 0 Å². The number of carboxylic acid groups (broad SMARTS) is 1. The Bertz CT molecular complexity index is 1230. The Kier molecular flexibility index (Phi) is 9.59. The van der Waals surface area contributed by atoms with Gasteiger partial charge in [-0.2, -0.15) is 0 Å². The molecule has 0 bridgehead atoms. The van der Waals surface area contributed by atoms with Crippen LogP contribution in [-0.2, 0) is 4.79 Å². The zero-order chi connectivity index (χ0) is 26.4. The van der Waals surface area contributed by atoms with Gasteiger partial charge in [0, 0.05) is 55.2 Å². The molecule has 0 unspecified atom stereocenters. The lowest BCUT2D eigenvalue weighted by Gasteiger charge is -2.38. The number of carboxylic acids is 1. The fourth-order valence-electron chi connectivity index (χ4n) is 5.15. The van der Waals surface area contributed by atoms with Crippen molar-refractivity contribution in [3.05, 3.63) is 59.1 Å². The van der Waals surface area contributed by atoms with E-state index in [1.807, 2.05) is 18.2 Å². The molecule has 2 aromatic heterocycles. The third kappa shape index (κ3) is 7.31. The van der Waals surface area contributed by atoms with Gasteiger partial charge in [-0.1, -0.05) is 11.6 Å². The lowest BCUT2D eigenvalue weighted by molar-refractivity contribution is -0.139. The van der Waals surface area contributed by atoms with E-state index in [0.717, 1.165) is 54.7 Å². The van der Waals surface area contributed by atoms with Crippen molar-refractivity contribution < 1.29 is 19.0 Å². The average Bonchev–Trinajstić information content (AvgIpc) is 2.87. The number of likely N-dealkylation sites (tertiary alicyclic amines) is 1. The average molecular weight is 547 g/mol. The van der Waals surface area contributed by atoms with Crippen molar-refractivity contribution in [1.29, 1.82) is 0 Å². The molecule has 10 heteroatoms. The second-order valence-corrected chi connectivity index (χ2v) is 11.0. The van der Waals surface area contributed by atoms with Gasteiger partial charge in [-0.25, -0.2) is 9.37 Å². The van der Waals surface area contributed by atoms with E-state index >= 15 is 0 Å².